The minimum absolute atomic E-state index is 0. The second-order valence-electron chi connectivity index (χ2n) is 4.69. The highest BCUT2D eigenvalue weighted by Gasteiger charge is 1.99. The average molecular weight is 341 g/mol. The highest BCUT2D eigenvalue weighted by atomic mass is 127. The predicted octanol–water partition coefficient (Wildman–Crippen LogP) is 3.00. The zero-order valence-electron chi connectivity index (χ0n) is 11.3. The van der Waals surface area contributed by atoms with Crippen LogP contribution >= 0.6 is 24.0 Å². The molecule has 3 nitrogen and oxygen atoms in total. The number of aliphatic imine (C=N–C) groups is 1. The van der Waals surface area contributed by atoms with Crippen LogP contribution in [0.3, 0.4) is 0 Å². The minimum Gasteiger partial charge on any atom is -0.356 e. The average Bonchev–Trinajstić information content (AvgIpc) is 2.14. The van der Waals surface area contributed by atoms with Crippen molar-refractivity contribution >= 4 is 29.9 Å². The molecule has 0 bridgehead atoms. The first-order valence-corrected chi connectivity index (χ1v) is 6.03. The Bertz CT molecular complexity index is 179. The summed E-state index contributed by atoms with van der Waals surface area (Å²) in [7, 11) is 1.81. The van der Waals surface area contributed by atoms with Crippen molar-refractivity contribution in [2.75, 3.05) is 13.6 Å². The van der Waals surface area contributed by atoms with E-state index in [1.807, 2.05) is 7.05 Å². The lowest BCUT2D eigenvalue weighted by atomic mass is 10.1. The summed E-state index contributed by atoms with van der Waals surface area (Å²) in [5, 5.41) is 6.58. The fourth-order valence-corrected chi connectivity index (χ4v) is 1.35. The molecule has 0 aromatic heterocycles. The van der Waals surface area contributed by atoms with E-state index in [0.717, 1.165) is 18.4 Å². The monoisotopic (exact) mass is 341 g/mol. The molecule has 0 aromatic rings. The third-order valence-corrected chi connectivity index (χ3v) is 2.15. The molecule has 0 heterocycles. The maximum atomic E-state index is 4.16. The number of rotatable bonds is 6. The van der Waals surface area contributed by atoms with Gasteiger partial charge in [0.2, 0.25) is 0 Å². The van der Waals surface area contributed by atoms with Crippen LogP contribution in [0.5, 0.6) is 0 Å². The van der Waals surface area contributed by atoms with E-state index in [9.17, 15) is 0 Å². The van der Waals surface area contributed by atoms with Crippen LogP contribution in [0.15, 0.2) is 4.99 Å². The van der Waals surface area contributed by atoms with E-state index in [0.29, 0.717) is 6.04 Å². The largest absolute Gasteiger partial charge is 0.356 e. The molecule has 0 unspecified atom stereocenters. The highest BCUT2D eigenvalue weighted by Crippen LogP contribution is 2.04. The fraction of sp³-hybridized carbons (Fsp3) is 0.917. The fourth-order valence-electron chi connectivity index (χ4n) is 1.35. The summed E-state index contributed by atoms with van der Waals surface area (Å²) in [5.74, 6) is 1.73. The molecule has 0 fully saturated rings. The highest BCUT2D eigenvalue weighted by molar-refractivity contribution is 14.0. The third kappa shape index (κ3) is 12.1. The van der Waals surface area contributed by atoms with Crippen LogP contribution in [0.4, 0.5) is 0 Å². The summed E-state index contributed by atoms with van der Waals surface area (Å²) in [6.45, 7) is 9.79. The van der Waals surface area contributed by atoms with Crippen LogP contribution in [-0.4, -0.2) is 25.6 Å². The van der Waals surface area contributed by atoms with E-state index < -0.39 is 0 Å². The van der Waals surface area contributed by atoms with Crippen LogP contribution in [0.1, 0.15) is 47.0 Å². The van der Waals surface area contributed by atoms with Crippen LogP contribution < -0.4 is 10.6 Å². The van der Waals surface area contributed by atoms with Gasteiger partial charge >= 0.3 is 0 Å². The summed E-state index contributed by atoms with van der Waals surface area (Å²) < 4.78 is 0. The molecule has 98 valence electrons. The van der Waals surface area contributed by atoms with Gasteiger partial charge in [-0.05, 0) is 26.2 Å². The van der Waals surface area contributed by atoms with Gasteiger partial charge in [-0.2, -0.15) is 0 Å². The molecule has 0 spiro atoms. The van der Waals surface area contributed by atoms with Gasteiger partial charge < -0.3 is 10.6 Å². The van der Waals surface area contributed by atoms with E-state index in [1.165, 1.54) is 19.3 Å². The lowest BCUT2D eigenvalue weighted by Crippen LogP contribution is -2.41. The molecule has 16 heavy (non-hydrogen) atoms. The smallest absolute Gasteiger partial charge is 0.191 e. The number of unbranched alkanes of at least 4 members (excludes halogenated alkanes) is 1. The maximum absolute atomic E-state index is 4.16. The van der Waals surface area contributed by atoms with Crippen LogP contribution in [0, 0.1) is 5.92 Å². The number of nitrogens with zero attached hydrogens (tertiary/aromatic N) is 1. The standard InChI is InChI=1S/C12H27N3.HI/c1-10(2)8-6-7-9-14-12(13-5)15-11(3)4;/h10-11H,6-9H2,1-5H3,(H2,13,14,15);1H. The van der Waals surface area contributed by atoms with E-state index in [1.54, 1.807) is 0 Å². The second kappa shape index (κ2) is 11.5. The molecule has 0 aromatic carbocycles. The Morgan fingerprint density at radius 2 is 1.75 bits per heavy atom. The van der Waals surface area contributed by atoms with Crippen molar-refractivity contribution in [3.05, 3.63) is 0 Å². The normalized spacial score (nSPS) is 11.6. The molecule has 4 heteroatoms. The minimum atomic E-state index is 0. The van der Waals surface area contributed by atoms with E-state index in [4.69, 9.17) is 0 Å². The van der Waals surface area contributed by atoms with Gasteiger partial charge in [-0.3, -0.25) is 4.99 Å². The number of guanidine groups is 1. The number of halogens is 1. The maximum Gasteiger partial charge on any atom is 0.191 e. The quantitative estimate of drug-likeness (QED) is 0.337. The van der Waals surface area contributed by atoms with Gasteiger partial charge in [0, 0.05) is 19.6 Å². The lowest BCUT2D eigenvalue weighted by Gasteiger charge is -2.14. The van der Waals surface area contributed by atoms with Gasteiger partial charge in [-0.15, -0.1) is 24.0 Å². The molecule has 2 N–H and O–H groups in total. The van der Waals surface area contributed by atoms with Crippen molar-refractivity contribution in [2.45, 2.75) is 53.0 Å². The van der Waals surface area contributed by atoms with Crippen molar-refractivity contribution in [1.82, 2.24) is 10.6 Å². The third-order valence-electron chi connectivity index (χ3n) is 2.15. The number of hydrogen-bond donors (Lipinski definition) is 2. The lowest BCUT2D eigenvalue weighted by molar-refractivity contribution is 0.534. The van der Waals surface area contributed by atoms with Crippen molar-refractivity contribution < 1.29 is 0 Å². The van der Waals surface area contributed by atoms with Crippen molar-refractivity contribution in [1.29, 1.82) is 0 Å². The molecule has 0 amide bonds. The molecule has 0 rings (SSSR count). The van der Waals surface area contributed by atoms with E-state index >= 15 is 0 Å². The first kappa shape index (κ1) is 18.4. The zero-order chi connectivity index (χ0) is 11.7. The van der Waals surface area contributed by atoms with Crippen LogP contribution in [0.2, 0.25) is 0 Å². The molecule has 0 atom stereocenters. The van der Waals surface area contributed by atoms with Crippen molar-refractivity contribution in [3.8, 4) is 0 Å². The Kier molecular flexibility index (Phi) is 13.2. The Morgan fingerprint density at radius 1 is 1.12 bits per heavy atom. The number of nitrogens with one attached hydrogen (secondary N) is 2. The summed E-state index contributed by atoms with van der Waals surface area (Å²) in [6.07, 6.45) is 3.83. The number of hydrogen-bond acceptors (Lipinski definition) is 1. The van der Waals surface area contributed by atoms with Gasteiger partial charge in [-0.1, -0.05) is 26.7 Å². The predicted molar refractivity (Wildman–Crippen MR) is 83.7 cm³/mol. The molecular formula is C12H28IN3. The molecule has 0 aliphatic rings. The summed E-state index contributed by atoms with van der Waals surface area (Å²) in [4.78, 5) is 4.16. The van der Waals surface area contributed by atoms with Crippen LogP contribution in [0.25, 0.3) is 0 Å². The molecule has 0 radical (unpaired) electrons. The zero-order valence-corrected chi connectivity index (χ0v) is 13.7. The van der Waals surface area contributed by atoms with Gasteiger partial charge in [-0.25, -0.2) is 0 Å². The summed E-state index contributed by atoms with van der Waals surface area (Å²) in [6, 6.07) is 0.437. The Balaban J connectivity index is 0. The molecule has 0 aliphatic carbocycles. The molecular weight excluding hydrogens is 313 g/mol. The molecule has 0 aliphatic heterocycles. The second-order valence-corrected chi connectivity index (χ2v) is 4.69. The van der Waals surface area contributed by atoms with Crippen molar-refractivity contribution in [2.24, 2.45) is 10.9 Å². The topological polar surface area (TPSA) is 36.4 Å². The van der Waals surface area contributed by atoms with Crippen molar-refractivity contribution in [3.63, 3.8) is 0 Å². The van der Waals surface area contributed by atoms with Gasteiger partial charge in [0.25, 0.3) is 0 Å². The van der Waals surface area contributed by atoms with Gasteiger partial charge in [0.05, 0.1) is 0 Å². The Labute approximate surface area is 118 Å². The molecule has 0 saturated heterocycles. The Morgan fingerprint density at radius 3 is 2.19 bits per heavy atom. The Hall–Kier alpha value is 0. The first-order valence-electron chi connectivity index (χ1n) is 6.03. The van der Waals surface area contributed by atoms with E-state index in [-0.39, 0.29) is 24.0 Å². The SMILES string of the molecule is CN=C(NCCCCC(C)C)NC(C)C.I. The molecule has 0 saturated carbocycles. The van der Waals surface area contributed by atoms with Gasteiger partial charge in [0.1, 0.15) is 0 Å². The summed E-state index contributed by atoms with van der Waals surface area (Å²) in [5.41, 5.74) is 0. The van der Waals surface area contributed by atoms with Crippen LogP contribution in [-0.2, 0) is 0 Å². The van der Waals surface area contributed by atoms with E-state index in [2.05, 4.69) is 43.3 Å². The van der Waals surface area contributed by atoms with Gasteiger partial charge in [0.15, 0.2) is 5.96 Å². The first-order chi connectivity index (χ1) is 7.06. The summed E-state index contributed by atoms with van der Waals surface area (Å²) >= 11 is 0.